The molecule has 176 valence electrons. The highest BCUT2D eigenvalue weighted by Gasteiger charge is 2.53. The molecular weight excluding hydrogens is 440 g/mol. The maximum absolute atomic E-state index is 13.3. The minimum absolute atomic E-state index is 0.00357. The van der Waals surface area contributed by atoms with E-state index in [1.54, 1.807) is 7.11 Å². The second-order valence-electron chi connectivity index (χ2n) is 10.1. The van der Waals surface area contributed by atoms with Gasteiger partial charge in [-0.05, 0) is 31.7 Å². The van der Waals surface area contributed by atoms with Crippen LogP contribution in [0.2, 0.25) is 0 Å². The van der Waals surface area contributed by atoms with Gasteiger partial charge in [-0.3, -0.25) is 4.79 Å². The molecule has 1 fully saturated rings. The Hall–Kier alpha value is -3.39. The van der Waals surface area contributed by atoms with Gasteiger partial charge in [0, 0.05) is 47.7 Å². The van der Waals surface area contributed by atoms with Gasteiger partial charge in [-0.2, -0.15) is 0 Å². The van der Waals surface area contributed by atoms with E-state index in [0.29, 0.717) is 6.54 Å². The smallest absolute Gasteiger partial charge is 0.252 e. The van der Waals surface area contributed by atoms with Crippen LogP contribution in [-0.2, 0) is 21.7 Å². The van der Waals surface area contributed by atoms with Crippen LogP contribution < -0.4 is 10.6 Å². The van der Waals surface area contributed by atoms with E-state index in [0.717, 1.165) is 61.2 Å². The fraction of sp³-hybridized carbons (Fsp3) is 0.321. The van der Waals surface area contributed by atoms with Gasteiger partial charge in [0.05, 0.1) is 27.6 Å². The molecule has 0 saturated carbocycles. The number of carbonyl (C=O) groups excluding carboxylic acids is 1. The van der Waals surface area contributed by atoms with E-state index in [1.165, 1.54) is 0 Å². The van der Waals surface area contributed by atoms with Crippen LogP contribution in [0.25, 0.3) is 43.6 Å². The Kier molecular flexibility index (Phi) is 3.65. The second kappa shape index (κ2) is 6.43. The molecule has 3 aromatic carbocycles. The molecule has 2 N–H and O–H groups in total. The fourth-order valence-electron chi connectivity index (χ4n) is 7.33. The predicted octanol–water partition coefficient (Wildman–Crippen LogP) is 4.35. The van der Waals surface area contributed by atoms with Crippen molar-refractivity contribution in [3.05, 3.63) is 59.7 Å². The minimum Gasteiger partial charge on any atom is -0.375 e. The van der Waals surface area contributed by atoms with Crippen LogP contribution in [-0.4, -0.2) is 41.3 Å². The van der Waals surface area contributed by atoms with Crippen molar-refractivity contribution < 1.29 is 14.3 Å². The van der Waals surface area contributed by atoms with Gasteiger partial charge in [-0.25, -0.2) is 0 Å². The quantitative estimate of drug-likeness (QED) is 0.406. The first-order valence-corrected chi connectivity index (χ1v) is 12.3. The Morgan fingerprint density at radius 3 is 2.51 bits per heavy atom. The summed E-state index contributed by atoms with van der Waals surface area (Å²) < 4.78 is 18.0. The molecule has 5 heterocycles. The number of benzene rings is 3. The summed E-state index contributed by atoms with van der Waals surface area (Å²) in [5, 5.41) is 11.0. The molecule has 4 atom stereocenters. The normalized spacial score (nSPS) is 27.3. The number of fused-ring (bicyclic) bond motifs is 13. The molecule has 0 radical (unpaired) electrons. The lowest BCUT2D eigenvalue weighted by Gasteiger charge is -2.48. The van der Waals surface area contributed by atoms with Gasteiger partial charge >= 0.3 is 0 Å². The summed E-state index contributed by atoms with van der Waals surface area (Å²) in [5.41, 5.74) is 5.51. The lowest BCUT2D eigenvalue weighted by molar-refractivity contribution is -0.256. The third kappa shape index (κ3) is 2.12. The number of nitrogens with one attached hydrogen (secondary N) is 2. The van der Waals surface area contributed by atoms with Crippen molar-refractivity contribution >= 4 is 49.5 Å². The average Bonchev–Trinajstić information content (AvgIpc) is 3.51. The first-order chi connectivity index (χ1) is 17.1. The third-order valence-electron chi connectivity index (χ3n) is 8.60. The monoisotopic (exact) mass is 466 g/mol. The summed E-state index contributed by atoms with van der Waals surface area (Å²) in [6.45, 7) is 2.68. The highest BCUT2D eigenvalue weighted by Crippen LogP contribution is 2.53. The fourth-order valence-corrected chi connectivity index (χ4v) is 7.33. The Morgan fingerprint density at radius 2 is 1.77 bits per heavy atom. The van der Waals surface area contributed by atoms with Crippen molar-refractivity contribution in [2.24, 2.45) is 0 Å². The van der Waals surface area contributed by atoms with Gasteiger partial charge in [-0.1, -0.05) is 36.4 Å². The third-order valence-corrected chi connectivity index (χ3v) is 8.60. The highest BCUT2D eigenvalue weighted by atomic mass is 16.6. The maximum atomic E-state index is 13.3. The van der Waals surface area contributed by atoms with E-state index in [9.17, 15) is 4.79 Å². The van der Waals surface area contributed by atoms with Crippen LogP contribution in [0.3, 0.4) is 0 Å². The van der Waals surface area contributed by atoms with Gasteiger partial charge < -0.3 is 29.2 Å². The molecule has 35 heavy (non-hydrogen) atoms. The molecule has 1 saturated heterocycles. The molecule has 2 unspecified atom stereocenters. The molecule has 0 spiro atoms. The van der Waals surface area contributed by atoms with E-state index in [2.05, 4.69) is 75.2 Å². The number of para-hydroxylation sites is 2. The van der Waals surface area contributed by atoms with E-state index >= 15 is 0 Å². The summed E-state index contributed by atoms with van der Waals surface area (Å²) >= 11 is 0. The van der Waals surface area contributed by atoms with Crippen LogP contribution in [0.5, 0.6) is 0 Å². The van der Waals surface area contributed by atoms with Crippen molar-refractivity contribution in [1.29, 1.82) is 0 Å². The van der Waals surface area contributed by atoms with Crippen LogP contribution in [0.15, 0.2) is 48.5 Å². The number of amides is 1. The molecule has 7 nitrogen and oxygen atoms in total. The molecule has 2 aromatic heterocycles. The van der Waals surface area contributed by atoms with Crippen molar-refractivity contribution in [2.75, 3.05) is 14.2 Å². The predicted molar refractivity (Wildman–Crippen MR) is 136 cm³/mol. The zero-order valence-corrected chi connectivity index (χ0v) is 19.9. The molecule has 8 rings (SSSR count). The molecule has 3 aliphatic heterocycles. The SMILES string of the molecule is CNC1C[C@@H]2O[C@](C)(C1OC)n1c3ccccc3c3c4c(c5c6ccccc6n2c5c31)C(=O)NC4. The molecule has 7 heteroatoms. The first kappa shape index (κ1) is 19.9. The lowest BCUT2D eigenvalue weighted by Crippen LogP contribution is -2.59. The van der Waals surface area contributed by atoms with Gasteiger partial charge in [0.1, 0.15) is 12.3 Å². The maximum Gasteiger partial charge on any atom is 0.252 e. The number of hydrogen-bond donors (Lipinski definition) is 2. The lowest BCUT2D eigenvalue weighted by atomic mass is 9.93. The van der Waals surface area contributed by atoms with Gasteiger partial charge in [0.2, 0.25) is 0 Å². The molecular formula is C28H26N4O3. The molecule has 3 aliphatic rings. The zero-order valence-electron chi connectivity index (χ0n) is 19.9. The number of aromatic nitrogens is 2. The van der Waals surface area contributed by atoms with Crippen molar-refractivity contribution in [3.63, 3.8) is 0 Å². The number of rotatable bonds is 2. The molecule has 0 aliphatic carbocycles. The highest BCUT2D eigenvalue weighted by molar-refractivity contribution is 6.31. The standard InChI is InChI=1S/C28H26N4O3/c1-28-26(34-3)17(29-2)12-20(35-28)31-18-10-6-4-8-14(18)22-23-16(13-30-27(23)33)21-15-9-5-7-11-19(15)32(28)25(21)24(22)31/h4-11,17,20,26,29H,12-13H2,1-3H3,(H,30,33)/t17?,20-,26?,28+/m0/s1. The molecule has 2 bridgehead atoms. The largest absolute Gasteiger partial charge is 0.375 e. The number of hydrogen-bond acceptors (Lipinski definition) is 4. The molecule has 5 aromatic rings. The first-order valence-electron chi connectivity index (χ1n) is 12.3. The van der Waals surface area contributed by atoms with E-state index < -0.39 is 5.72 Å². The van der Waals surface area contributed by atoms with Crippen LogP contribution in [0.1, 0.15) is 35.5 Å². The Bertz CT molecular complexity index is 1750. The van der Waals surface area contributed by atoms with E-state index in [4.69, 9.17) is 9.47 Å². The number of ether oxygens (including phenoxy) is 2. The summed E-state index contributed by atoms with van der Waals surface area (Å²) in [6.07, 6.45) is 0.337. The van der Waals surface area contributed by atoms with Crippen LogP contribution >= 0.6 is 0 Å². The van der Waals surface area contributed by atoms with Crippen molar-refractivity contribution in [1.82, 2.24) is 19.8 Å². The summed E-state index contributed by atoms with van der Waals surface area (Å²) in [4.78, 5) is 13.3. The van der Waals surface area contributed by atoms with Crippen molar-refractivity contribution in [2.45, 2.75) is 44.0 Å². The number of likely N-dealkylation sites (N-methyl/N-ethyl adjacent to an activating group) is 1. The summed E-state index contributed by atoms with van der Waals surface area (Å²) in [5.74, 6) is 0.00357. The Morgan fingerprint density at radius 1 is 1.06 bits per heavy atom. The van der Waals surface area contributed by atoms with Gasteiger partial charge in [-0.15, -0.1) is 0 Å². The summed E-state index contributed by atoms with van der Waals surface area (Å²) in [7, 11) is 3.77. The number of carbonyl (C=O) groups is 1. The topological polar surface area (TPSA) is 69.5 Å². The Labute approximate surface area is 201 Å². The average molecular weight is 467 g/mol. The number of nitrogens with zero attached hydrogens (tertiary/aromatic N) is 2. The summed E-state index contributed by atoms with van der Waals surface area (Å²) in [6, 6.07) is 17.0. The number of methoxy groups -OCH3 is 1. The Balaban J connectivity index is 1.72. The van der Waals surface area contributed by atoms with Gasteiger partial charge in [0.25, 0.3) is 5.91 Å². The van der Waals surface area contributed by atoms with Gasteiger partial charge in [0.15, 0.2) is 5.72 Å². The van der Waals surface area contributed by atoms with E-state index in [1.807, 2.05) is 7.05 Å². The molecule has 1 amide bonds. The van der Waals surface area contributed by atoms with E-state index in [-0.39, 0.29) is 24.3 Å². The van der Waals surface area contributed by atoms with Crippen LogP contribution in [0, 0.1) is 0 Å². The van der Waals surface area contributed by atoms with Crippen molar-refractivity contribution in [3.8, 4) is 0 Å². The second-order valence-corrected chi connectivity index (χ2v) is 10.1. The minimum atomic E-state index is -0.760. The zero-order chi connectivity index (χ0) is 23.6. The van der Waals surface area contributed by atoms with Crippen LogP contribution in [0.4, 0.5) is 0 Å².